The Bertz CT molecular complexity index is 639. The molecule has 2 aromatic carbocycles. The Balaban J connectivity index is 2.65. The van der Waals surface area contributed by atoms with Crippen LogP contribution in [0.3, 0.4) is 0 Å². The van der Waals surface area contributed by atoms with Gasteiger partial charge in [-0.2, -0.15) is 0 Å². The van der Waals surface area contributed by atoms with Crippen molar-refractivity contribution in [1.82, 2.24) is 0 Å². The van der Waals surface area contributed by atoms with Crippen LogP contribution in [0.25, 0.3) is 0 Å². The van der Waals surface area contributed by atoms with Crippen molar-refractivity contribution < 1.29 is 0 Å². The van der Waals surface area contributed by atoms with Crippen molar-refractivity contribution in [3.8, 4) is 0 Å². The zero-order chi connectivity index (χ0) is 15.8. The predicted molar refractivity (Wildman–Crippen MR) is 103 cm³/mol. The maximum atomic E-state index is 4.06. The molecule has 0 aliphatic carbocycles. The van der Waals surface area contributed by atoms with Crippen molar-refractivity contribution in [2.24, 2.45) is 0 Å². The molecule has 0 N–H and O–H groups in total. The Morgan fingerprint density at radius 2 is 1.32 bits per heavy atom. The average Bonchev–Trinajstić information content (AvgIpc) is 2.60. The molecule has 0 saturated heterocycles. The highest BCUT2D eigenvalue weighted by Gasteiger charge is 2.40. The van der Waals surface area contributed by atoms with Crippen molar-refractivity contribution in [1.29, 1.82) is 0 Å². The van der Waals surface area contributed by atoms with Crippen LogP contribution in [-0.4, -0.2) is 6.66 Å². The molecule has 0 aromatic heterocycles. The second kappa shape index (κ2) is 7.73. The standard InChI is InChI=1S/C21H22P/c1-4-6-9-14-19(5-2)22(3,20-15-10-7-11-16-20)21-17-12-8-13-18-21/h4-18H,1-2H2,3H3/q+1/b9-6-,19-14+. The summed E-state index contributed by atoms with van der Waals surface area (Å²) < 4.78 is 0. The van der Waals surface area contributed by atoms with Gasteiger partial charge >= 0.3 is 0 Å². The molecule has 1 heteroatoms. The Labute approximate surface area is 134 Å². The van der Waals surface area contributed by atoms with Crippen LogP contribution in [0, 0.1) is 0 Å². The molecule has 2 rings (SSSR count). The fourth-order valence-electron chi connectivity index (χ4n) is 2.53. The van der Waals surface area contributed by atoms with E-state index in [2.05, 4.69) is 86.6 Å². The third-order valence-corrected chi connectivity index (χ3v) is 7.81. The van der Waals surface area contributed by atoms with Crippen LogP contribution in [0.1, 0.15) is 0 Å². The minimum Gasteiger partial charge on any atom is -0.0991 e. The predicted octanol–water partition coefficient (Wildman–Crippen LogP) is 5.10. The third-order valence-electron chi connectivity index (χ3n) is 3.78. The Kier molecular flexibility index (Phi) is 5.69. The first-order valence-corrected chi connectivity index (χ1v) is 9.57. The molecule has 0 heterocycles. The van der Waals surface area contributed by atoms with Crippen LogP contribution in [0.2, 0.25) is 0 Å². The first-order valence-electron chi connectivity index (χ1n) is 7.33. The summed E-state index contributed by atoms with van der Waals surface area (Å²) in [5.74, 6) is 0. The van der Waals surface area contributed by atoms with Gasteiger partial charge in [-0.3, -0.25) is 0 Å². The lowest BCUT2D eigenvalue weighted by molar-refractivity contribution is 1.71. The van der Waals surface area contributed by atoms with Crippen molar-refractivity contribution in [3.05, 3.63) is 110 Å². The van der Waals surface area contributed by atoms with Gasteiger partial charge in [0, 0.05) is 0 Å². The van der Waals surface area contributed by atoms with E-state index in [1.165, 1.54) is 15.9 Å². The average molecular weight is 305 g/mol. The lowest BCUT2D eigenvalue weighted by atomic mass is 10.4. The molecule has 0 aliphatic heterocycles. The summed E-state index contributed by atoms with van der Waals surface area (Å²) in [7, 11) is -1.67. The van der Waals surface area contributed by atoms with Crippen LogP contribution < -0.4 is 10.6 Å². The molecule has 0 aliphatic rings. The summed E-state index contributed by atoms with van der Waals surface area (Å²) in [5, 5.41) is 3.99. The van der Waals surface area contributed by atoms with Crippen LogP contribution in [-0.2, 0) is 0 Å². The number of hydrogen-bond acceptors (Lipinski definition) is 0. The summed E-state index contributed by atoms with van der Waals surface area (Å²) in [6.45, 7) is 10.1. The van der Waals surface area contributed by atoms with Gasteiger partial charge in [0.25, 0.3) is 0 Å². The summed E-state index contributed by atoms with van der Waals surface area (Å²) in [4.78, 5) is 0. The van der Waals surface area contributed by atoms with Crippen LogP contribution in [0.15, 0.2) is 110 Å². The highest BCUT2D eigenvalue weighted by atomic mass is 31.2. The van der Waals surface area contributed by atoms with E-state index in [1.54, 1.807) is 6.08 Å². The van der Waals surface area contributed by atoms with E-state index < -0.39 is 7.26 Å². The molecule has 0 radical (unpaired) electrons. The second-order valence-corrected chi connectivity index (χ2v) is 8.66. The van der Waals surface area contributed by atoms with Crippen molar-refractivity contribution in [2.75, 3.05) is 6.66 Å². The van der Waals surface area contributed by atoms with Crippen molar-refractivity contribution in [2.45, 2.75) is 0 Å². The van der Waals surface area contributed by atoms with E-state index >= 15 is 0 Å². The van der Waals surface area contributed by atoms with Gasteiger partial charge in [0.15, 0.2) is 0 Å². The zero-order valence-corrected chi connectivity index (χ0v) is 13.9. The lowest BCUT2D eigenvalue weighted by Gasteiger charge is -2.23. The molecule has 0 fully saturated rings. The second-order valence-electron chi connectivity index (χ2n) is 5.09. The molecule has 0 amide bonds. The molecule has 22 heavy (non-hydrogen) atoms. The van der Waals surface area contributed by atoms with Crippen LogP contribution in [0.4, 0.5) is 0 Å². The van der Waals surface area contributed by atoms with Gasteiger partial charge in [-0.25, -0.2) is 0 Å². The van der Waals surface area contributed by atoms with E-state index in [0.29, 0.717) is 0 Å². The van der Waals surface area contributed by atoms with Gasteiger partial charge in [0.2, 0.25) is 0 Å². The molecule has 110 valence electrons. The van der Waals surface area contributed by atoms with Crippen LogP contribution in [0.5, 0.6) is 0 Å². The fraction of sp³-hybridized carbons (Fsp3) is 0.0476. The molecule has 0 unspecified atom stereocenters. The molecule has 0 saturated carbocycles. The van der Waals surface area contributed by atoms with E-state index in [0.717, 1.165) is 0 Å². The highest BCUT2D eigenvalue weighted by molar-refractivity contribution is 7.92. The largest absolute Gasteiger partial charge is 0.109 e. The maximum Gasteiger partial charge on any atom is 0.109 e. The molecule has 0 atom stereocenters. The Hall–Kier alpha value is -2.17. The maximum absolute atomic E-state index is 4.06. The zero-order valence-electron chi connectivity index (χ0n) is 13.0. The van der Waals surface area contributed by atoms with Crippen molar-refractivity contribution >= 4 is 17.9 Å². The lowest BCUT2D eigenvalue weighted by Crippen LogP contribution is -2.22. The van der Waals surface area contributed by atoms with Gasteiger partial charge < -0.3 is 0 Å². The smallest absolute Gasteiger partial charge is 0.0991 e. The summed E-state index contributed by atoms with van der Waals surface area (Å²) >= 11 is 0. The van der Waals surface area contributed by atoms with Crippen molar-refractivity contribution in [3.63, 3.8) is 0 Å². The van der Waals surface area contributed by atoms with E-state index in [4.69, 9.17) is 0 Å². The SMILES string of the molecule is C=C/C=C\C=C(/C=C)[P+](C)(c1ccccc1)c1ccccc1. The van der Waals surface area contributed by atoms with Gasteiger partial charge in [0.05, 0.1) is 6.66 Å². The molecule has 0 nitrogen and oxygen atoms in total. The van der Waals surface area contributed by atoms with Gasteiger partial charge in [-0.05, 0) is 36.4 Å². The van der Waals surface area contributed by atoms with E-state index in [9.17, 15) is 0 Å². The van der Waals surface area contributed by atoms with Gasteiger partial charge in [-0.15, -0.1) is 0 Å². The Morgan fingerprint density at radius 1 is 0.818 bits per heavy atom. The number of allylic oxidation sites excluding steroid dienone is 6. The fourth-order valence-corrected chi connectivity index (χ4v) is 5.71. The molecule has 0 bridgehead atoms. The molecular formula is C21H22P+. The highest BCUT2D eigenvalue weighted by Crippen LogP contribution is 2.60. The van der Waals surface area contributed by atoms with Gasteiger partial charge in [0.1, 0.15) is 23.2 Å². The van der Waals surface area contributed by atoms with Gasteiger partial charge in [-0.1, -0.05) is 67.8 Å². The van der Waals surface area contributed by atoms with E-state index in [1.807, 2.05) is 18.2 Å². The number of rotatable bonds is 6. The normalized spacial score (nSPS) is 12.3. The number of hydrogen-bond donors (Lipinski definition) is 0. The summed E-state index contributed by atoms with van der Waals surface area (Å²) in [5.41, 5.74) is 0. The summed E-state index contributed by atoms with van der Waals surface area (Å²) in [6, 6.07) is 21.4. The minimum absolute atomic E-state index is 1.27. The monoisotopic (exact) mass is 305 g/mol. The first-order chi connectivity index (χ1) is 10.7. The number of benzene rings is 2. The summed E-state index contributed by atoms with van der Waals surface area (Å²) in [6.07, 6.45) is 9.92. The topological polar surface area (TPSA) is 0 Å². The Morgan fingerprint density at radius 3 is 1.73 bits per heavy atom. The molecular weight excluding hydrogens is 283 g/mol. The molecule has 0 spiro atoms. The van der Waals surface area contributed by atoms with E-state index in [-0.39, 0.29) is 0 Å². The quantitative estimate of drug-likeness (QED) is 0.514. The third kappa shape index (κ3) is 3.35. The van der Waals surface area contributed by atoms with Crippen LogP contribution >= 0.6 is 7.26 Å². The first kappa shape index (κ1) is 16.2. The minimum atomic E-state index is -1.67. The molecule has 2 aromatic rings.